The van der Waals surface area contributed by atoms with E-state index in [9.17, 15) is 0 Å². The number of hydrogen-bond donors (Lipinski definition) is 2. The first-order chi connectivity index (χ1) is 5.29. The Morgan fingerprint density at radius 1 is 1.36 bits per heavy atom. The summed E-state index contributed by atoms with van der Waals surface area (Å²) in [5.74, 6) is 0. The van der Waals surface area contributed by atoms with Crippen molar-refractivity contribution in [1.82, 2.24) is 10.6 Å². The third-order valence-electron chi connectivity index (χ3n) is 2.12. The van der Waals surface area contributed by atoms with E-state index in [1.54, 1.807) is 0 Å². The zero-order chi connectivity index (χ0) is 8.10. The molecule has 0 aromatic heterocycles. The molecule has 2 nitrogen and oxygen atoms in total. The zero-order valence-electron chi connectivity index (χ0n) is 7.69. The van der Waals surface area contributed by atoms with Crippen LogP contribution >= 0.6 is 0 Å². The summed E-state index contributed by atoms with van der Waals surface area (Å²) in [6.07, 6.45) is 4.05. The molecule has 0 bridgehead atoms. The van der Waals surface area contributed by atoms with Crippen molar-refractivity contribution in [2.45, 2.75) is 45.2 Å². The maximum atomic E-state index is 3.56. The molecule has 1 aliphatic heterocycles. The Labute approximate surface area is 69.8 Å². The Bertz CT molecular complexity index is 93.7. The fourth-order valence-corrected chi connectivity index (χ4v) is 1.63. The molecular formula is C9H20N2. The van der Waals surface area contributed by atoms with Gasteiger partial charge < -0.3 is 10.6 Å². The first-order valence-electron chi connectivity index (χ1n) is 4.76. The molecule has 1 aliphatic rings. The maximum absolute atomic E-state index is 3.56. The van der Waals surface area contributed by atoms with E-state index >= 15 is 0 Å². The lowest BCUT2D eigenvalue weighted by atomic mass is 10.1. The normalized spacial score (nSPS) is 27.0. The fraction of sp³-hybridized carbons (Fsp3) is 1.00. The molecule has 0 aromatic rings. The van der Waals surface area contributed by atoms with Crippen molar-refractivity contribution in [3.63, 3.8) is 0 Å². The van der Waals surface area contributed by atoms with Crippen molar-refractivity contribution in [2.24, 2.45) is 0 Å². The lowest BCUT2D eigenvalue weighted by molar-refractivity contribution is 0.435. The van der Waals surface area contributed by atoms with Gasteiger partial charge in [0.25, 0.3) is 0 Å². The van der Waals surface area contributed by atoms with Crippen LogP contribution in [0.25, 0.3) is 0 Å². The van der Waals surface area contributed by atoms with Gasteiger partial charge >= 0.3 is 0 Å². The molecule has 1 heterocycles. The average molecular weight is 156 g/mol. The van der Waals surface area contributed by atoms with Crippen LogP contribution in [0.5, 0.6) is 0 Å². The third-order valence-corrected chi connectivity index (χ3v) is 2.12. The molecule has 1 saturated heterocycles. The van der Waals surface area contributed by atoms with Gasteiger partial charge in [-0.1, -0.05) is 20.3 Å². The molecule has 1 fully saturated rings. The predicted octanol–water partition coefficient (Wildman–Crippen LogP) is 1.13. The molecule has 2 N–H and O–H groups in total. The molecule has 1 unspecified atom stereocenters. The summed E-state index contributed by atoms with van der Waals surface area (Å²) in [7, 11) is 0. The fourth-order valence-electron chi connectivity index (χ4n) is 1.63. The lowest BCUT2D eigenvalue weighted by Gasteiger charge is -2.18. The highest BCUT2D eigenvalue weighted by Crippen LogP contribution is 2.04. The average Bonchev–Trinajstić information content (AvgIpc) is 2.14. The molecular weight excluding hydrogens is 136 g/mol. The van der Waals surface area contributed by atoms with Crippen LogP contribution in [0.15, 0.2) is 0 Å². The molecule has 66 valence electrons. The molecule has 0 saturated carbocycles. The van der Waals surface area contributed by atoms with Crippen LogP contribution in [0.2, 0.25) is 0 Å². The standard InChI is InChI=1S/C9H20N2/c1-8(2)11-9-5-3-4-6-10-7-9/h8-11H,3-7H2,1-2H3. The van der Waals surface area contributed by atoms with E-state index in [0.29, 0.717) is 12.1 Å². The van der Waals surface area contributed by atoms with E-state index in [-0.39, 0.29) is 0 Å². The first kappa shape index (κ1) is 9.01. The smallest absolute Gasteiger partial charge is 0.0194 e. The Morgan fingerprint density at radius 3 is 2.91 bits per heavy atom. The van der Waals surface area contributed by atoms with Gasteiger partial charge in [0, 0.05) is 18.6 Å². The monoisotopic (exact) mass is 156 g/mol. The summed E-state index contributed by atoms with van der Waals surface area (Å²) in [4.78, 5) is 0. The summed E-state index contributed by atoms with van der Waals surface area (Å²) in [5, 5.41) is 7.00. The Balaban J connectivity index is 2.20. The van der Waals surface area contributed by atoms with Crippen LogP contribution in [-0.4, -0.2) is 25.2 Å². The molecule has 0 radical (unpaired) electrons. The summed E-state index contributed by atoms with van der Waals surface area (Å²) >= 11 is 0. The quantitative estimate of drug-likeness (QED) is 0.626. The van der Waals surface area contributed by atoms with Gasteiger partial charge in [-0.3, -0.25) is 0 Å². The van der Waals surface area contributed by atoms with E-state index in [1.165, 1.54) is 25.8 Å². The minimum Gasteiger partial charge on any atom is -0.315 e. The molecule has 0 aromatic carbocycles. The van der Waals surface area contributed by atoms with E-state index in [2.05, 4.69) is 24.5 Å². The summed E-state index contributed by atoms with van der Waals surface area (Å²) < 4.78 is 0. The van der Waals surface area contributed by atoms with E-state index in [4.69, 9.17) is 0 Å². The van der Waals surface area contributed by atoms with Crippen LogP contribution in [0, 0.1) is 0 Å². The van der Waals surface area contributed by atoms with Gasteiger partial charge in [-0.2, -0.15) is 0 Å². The first-order valence-corrected chi connectivity index (χ1v) is 4.76. The van der Waals surface area contributed by atoms with E-state index in [1.807, 2.05) is 0 Å². The van der Waals surface area contributed by atoms with Crippen molar-refractivity contribution in [3.05, 3.63) is 0 Å². The van der Waals surface area contributed by atoms with Crippen molar-refractivity contribution in [2.75, 3.05) is 13.1 Å². The van der Waals surface area contributed by atoms with Crippen LogP contribution in [0.4, 0.5) is 0 Å². The molecule has 0 spiro atoms. The molecule has 1 atom stereocenters. The van der Waals surface area contributed by atoms with Crippen LogP contribution in [0.3, 0.4) is 0 Å². The molecule has 0 amide bonds. The number of hydrogen-bond acceptors (Lipinski definition) is 2. The predicted molar refractivity (Wildman–Crippen MR) is 48.8 cm³/mol. The van der Waals surface area contributed by atoms with Gasteiger partial charge in [0.1, 0.15) is 0 Å². The van der Waals surface area contributed by atoms with E-state index in [0.717, 1.165) is 6.54 Å². The summed E-state index contributed by atoms with van der Waals surface area (Å²) in [6.45, 7) is 6.78. The van der Waals surface area contributed by atoms with Crippen molar-refractivity contribution in [3.8, 4) is 0 Å². The lowest BCUT2D eigenvalue weighted by Crippen LogP contribution is -2.40. The largest absolute Gasteiger partial charge is 0.315 e. The second-order valence-corrected chi connectivity index (χ2v) is 3.72. The van der Waals surface area contributed by atoms with Crippen LogP contribution < -0.4 is 10.6 Å². The van der Waals surface area contributed by atoms with E-state index < -0.39 is 0 Å². The van der Waals surface area contributed by atoms with Crippen molar-refractivity contribution < 1.29 is 0 Å². The Morgan fingerprint density at radius 2 is 2.18 bits per heavy atom. The number of rotatable bonds is 2. The Kier molecular flexibility index (Phi) is 3.87. The summed E-state index contributed by atoms with van der Waals surface area (Å²) in [6, 6.07) is 1.33. The van der Waals surface area contributed by atoms with Crippen molar-refractivity contribution in [1.29, 1.82) is 0 Å². The van der Waals surface area contributed by atoms with Gasteiger partial charge in [-0.05, 0) is 19.4 Å². The highest BCUT2D eigenvalue weighted by molar-refractivity contribution is 4.74. The topological polar surface area (TPSA) is 24.1 Å². The minimum absolute atomic E-state index is 0.625. The zero-order valence-corrected chi connectivity index (χ0v) is 7.69. The number of nitrogens with one attached hydrogen (secondary N) is 2. The van der Waals surface area contributed by atoms with Gasteiger partial charge in [-0.15, -0.1) is 0 Å². The van der Waals surface area contributed by atoms with Crippen molar-refractivity contribution >= 4 is 0 Å². The Hall–Kier alpha value is -0.0800. The second-order valence-electron chi connectivity index (χ2n) is 3.72. The third kappa shape index (κ3) is 3.73. The maximum Gasteiger partial charge on any atom is 0.0194 e. The molecule has 1 rings (SSSR count). The van der Waals surface area contributed by atoms with Crippen LogP contribution in [-0.2, 0) is 0 Å². The highest BCUT2D eigenvalue weighted by Gasteiger charge is 2.11. The van der Waals surface area contributed by atoms with Gasteiger partial charge in [0.2, 0.25) is 0 Å². The molecule has 2 heteroatoms. The minimum atomic E-state index is 0.625. The highest BCUT2D eigenvalue weighted by atomic mass is 15.0. The SMILES string of the molecule is CC(C)NC1CCCCNC1. The summed E-state index contributed by atoms with van der Waals surface area (Å²) in [5.41, 5.74) is 0. The van der Waals surface area contributed by atoms with Gasteiger partial charge in [-0.25, -0.2) is 0 Å². The van der Waals surface area contributed by atoms with Gasteiger partial charge in [0.15, 0.2) is 0 Å². The second kappa shape index (κ2) is 4.73. The molecule has 11 heavy (non-hydrogen) atoms. The van der Waals surface area contributed by atoms with Crippen LogP contribution in [0.1, 0.15) is 33.1 Å². The molecule has 0 aliphatic carbocycles. The van der Waals surface area contributed by atoms with Gasteiger partial charge in [0.05, 0.1) is 0 Å².